The summed E-state index contributed by atoms with van der Waals surface area (Å²) in [6, 6.07) is 14.3. The van der Waals surface area contributed by atoms with Crippen molar-refractivity contribution in [2.45, 2.75) is 57.4 Å². The monoisotopic (exact) mass is 537 g/mol. The molecule has 2 aromatic carbocycles. The molecule has 0 spiro atoms. The molecular weight excluding hydrogens is 498 g/mol. The molecule has 7 heteroatoms. The number of ether oxygens (including phenoxy) is 1. The Morgan fingerprint density at radius 1 is 0.947 bits per heavy atom. The molecule has 0 atom stereocenters. The number of carbonyl (C=O) groups excluding carboxylic acids is 1. The van der Waals surface area contributed by atoms with Crippen LogP contribution in [0.2, 0.25) is 5.02 Å². The largest absolute Gasteiger partial charge is 0.493 e. The highest BCUT2D eigenvalue weighted by atomic mass is 35.5. The minimum Gasteiger partial charge on any atom is -0.493 e. The number of benzene rings is 2. The van der Waals surface area contributed by atoms with Gasteiger partial charge in [0.1, 0.15) is 11.3 Å². The lowest BCUT2D eigenvalue weighted by Crippen LogP contribution is -2.50. The quantitative estimate of drug-likeness (QED) is 0.288. The van der Waals surface area contributed by atoms with Gasteiger partial charge in [-0.25, -0.2) is 0 Å². The zero-order valence-corrected chi connectivity index (χ0v) is 23.1. The summed E-state index contributed by atoms with van der Waals surface area (Å²) in [7, 11) is 0. The summed E-state index contributed by atoms with van der Waals surface area (Å²) in [5.41, 5.74) is 2.98. The van der Waals surface area contributed by atoms with Crippen molar-refractivity contribution in [3.8, 4) is 16.9 Å². The Morgan fingerprint density at radius 3 is 2.50 bits per heavy atom. The van der Waals surface area contributed by atoms with E-state index in [0.717, 1.165) is 91.3 Å². The Hall–Kier alpha value is -2.54. The molecule has 1 N–H and O–H groups in total. The Labute approximate surface area is 231 Å². The van der Waals surface area contributed by atoms with Gasteiger partial charge in [0.25, 0.3) is 0 Å². The summed E-state index contributed by atoms with van der Waals surface area (Å²) in [5, 5.41) is 5.05. The summed E-state index contributed by atoms with van der Waals surface area (Å²) in [4.78, 5) is 17.2. The van der Waals surface area contributed by atoms with Crippen LogP contribution >= 0.6 is 11.6 Å². The van der Waals surface area contributed by atoms with Gasteiger partial charge in [-0.1, -0.05) is 43.0 Å². The summed E-state index contributed by atoms with van der Waals surface area (Å²) < 4.78 is 11.8. The molecule has 5 rings (SSSR count). The molecule has 1 saturated carbocycles. The molecular formula is C31H40ClN3O3. The minimum absolute atomic E-state index is 0.207. The van der Waals surface area contributed by atoms with E-state index in [0.29, 0.717) is 19.2 Å². The lowest BCUT2D eigenvalue weighted by molar-refractivity contribution is -0.123. The lowest BCUT2D eigenvalue weighted by Gasteiger charge is -2.34. The van der Waals surface area contributed by atoms with E-state index in [9.17, 15) is 4.79 Å². The molecule has 1 saturated heterocycles. The van der Waals surface area contributed by atoms with Crippen LogP contribution in [0.5, 0.6) is 5.75 Å². The number of rotatable bonds is 11. The third-order valence-corrected chi connectivity index (χ3v) is 8.14. The number of hydrogen-bond acceptors (Lipinski definition) is 5. The highest BCUT2D eigenvalue weighted by Gasteiger charge is 2.21. The Morgan fingerprint density at radius 2 is 1.71 bits per heavy atom. The first-order valence-electron chi connectivity index (χ1n) is 14.3. The molecule has 1 aliphatic heterocycles. The van der Waals surface area contributed by atoms with Gasteiger partial charge in [0.2, 0.25) is 5.91 Å². The first-order chi connectivity index (χ1) is 18.6. The average molecular weight is 538 g/mol. The van der Waals surface area contributed by atoms with Crippen LogP contribution in [-0.2, 0) is 4.79 Å². The second-order valence-electron chi connectivity index (χ2n) is 10.7. The van der Waals surface area contributed by atoms with Crippen LogP contribution in [0.1, 0.15) is 51.4 Å². The van der Waals surface area contributed by atoms with Crippen LogP contribution in [0.4, 0.5) is 0 Å². The molecule has 1 aliphatic carbocycles. The van der Waals surface area contributed by atoms with Crippen molar-refractivity contribution >= 4 is 28.5 Å². The molecule has 0 radical (unpaired) electrons. The Balaban J connectivity index is 0.951. The summed E-state index contributed by atoms with van der Waals surface area (Å²) >= 11 is 6.02. The molecule has 2 fully saturated rings. The maximum Gasteiger partial charge on any atom is 0.234 e. The first kappa shape index (κ1) is 27.0. The molecule has 2 heterocycles. The van der Waals surface area contributed by atoms with Crippen LogP contribution in [0.15, 0.2) is 53.1 Å². The number of unbranched alkanes of at least 4 members (excludes halogenated alkanes) is 2. The number of fused-ring (bicyclic) bond motifs is 1. The molecule has 0 unspecified atom stereocenters. The number of halogens is 1. The van der Waals surface area contributed by atoms with Crippen molar-refractivity contribution in [2.24, 2.45) is 0 Å². The lowest BCUT2D eigenvalue weighted by atomic mass is 9.95. The van der Waals surface area contributed by atoms with Crippen molar-refractivity contribution in [1.29, 1.82) is 0 Å². The smallest absolute Gasteiger partial charge is 0.234 e. The van der Waals surface area contributed by atoms with Gasteiger partial charge in [-0.15, -0.1) is 0 Å². The molecule has 6 nitrogen and oxygen atoms in total. The average Bonchev–Trinajstić information content (AvgIpc) is 3.36. The molecule has 0 bridgehead atoms. The van der Waals surface area contributed by atoms with Gasteiger partial charge in [-0.2, -0.15) is 0 Å². The highest BCUT2D eigenvalue weighted by molar-refractivity contribution is 6.30. The second-order valence-corrected chi connectivity index (χ2v) is 11.2. The van der Waals surface area contributed by atoms with Gasteiger partial charge in [0.05, 0.1) is 19.4 Å². The second kappa shape index (κ2) is 13.5. The predicted octanol–water partition coefficient (Wildman–Crippen LogP) is 6.37. The van der Waals surface area contributed by atoms with E-state index < -0.39 is 0 Å². The maximum absolute atomic E-state index is 12.4. The van der Waals surface area contributed by atoms with Gasteiger partial charge in [-0.05, 0) is 68.5 Å². The molecule has 1 aromatic heterocycles. The number of piperazine rings is 1. The Kier molecular flexibility index (Phi) is 9.61. The minimum atomic E-state index is 0.207. The van der Waals surface area contributed by atoms with E-state index in [4.69, 9.17) is 20.8 Å². The van der Waals surface area contributed by atoms with Gasteiger partial charge >= 0.3 is 0 Å². The van der Waals surface area contributed by atoms with Crippen molar-refractivity contribution < 1.29 is 13.9 Å². The first-order valence-corrected chi connectivity index (χ1v) is 14.7. The normalized spacial score (nSPS) is 17.6. The van der Waals surface area contributed by atoms with Crippen LogP contribution in [0.3, 0.4) is 0 Å². The van der Waals surface area contributed by atoms with E-state index >= 15 is 0 Å². The van der Waals surface area contributed by atoms with Crippen LogP contribution in [0, 0.1) is 0 Å². The molecule has 1 amide bonds. The molecule has 38 heavy (non-hydrogen) atoms. The number of carbonyl (C=O) groups is 1. The fourth-order valence-corrected chi connectivity index (χ4v) is 5.78. The summed E-state index contributed by atoms with van der Waals surface area (Å²) in [6.45, 7) is 6.44. The van der Waals surface area contributed by atoms with Gasteiger partial charge in [0, 0.05) is 54.3 Å². The van der Waals surface area contributed by atoms with Crippen LogP contribution in [0.25, 0.3) is 22.1 Å². The summed E-state index contributed by atoms with van der Waals surface area (Å²) in [6.07, 6.45) is 11.3. The molecule has 2 aliphatic rings. The summed E-state index contributed by atoms with van der Waals surface area (Å²) in [5.74, 6) is 1.05. The zero-order chi connectivity index (χ0) is 26.2. The van der Waals surface area contributed by atoms with E-state index in [2.05, 4.69) is 21.2 Å². The van der Waals surface area contributed by atoms with E-state index in [1.807, 2.05) is 36.4 Å². The zero-order valence-electron chi connectivity index (χ0n) is 22.3. The van der Waals surface area contributed by atoms with Crippen molar-refractivity contribution in [2.75, 3.05) is 45.9 Å². The van der Waals surface area contributed by atoms with Crippen molar-refractivity contribution in [3.63, 3.8) is 0 Å². The standard InChI is InChI=1S/C31H40ClN3O3/c32-25-11-9-24(10-12-25)29-23-38-30-21-27(13-14-28(29)30)37-20-6-2-5-15-34-16-18-35(19-17-34)22-31(36)33-26-7-3-1-4-8-26/h9-14,21,23,26H,1-8,15-20,22H2,(H,33,36). The Bertz CT molecular complexity index is 1160. The van der Waals surface area contributed by atoms with Gasteiger partial charge in [0.15, 0.2) is 0 Å². The van der Waals surface area contributed by atoms with E-state index in [-0.39, 0.29) is 5.91 Å². The van der Waals surface area contributed by atoms with Crippen LogP contribution in [-0.4, -0.2) is 67.6 Å². The fraction of sp³-hybridized carbons (Fsp3) is 0.516. The number of nitrogens with zero attached hydrogens (tertiary/aromatic N) is 2. The van der Waals surface area contributed by atoms with Gasteiger partial charge in [-0.3, -0.25) is 9.69 Å². The fourth-order valence-electron chi connectivity index (χ4n) is 5.65. The SMILES string of the molecule is O=C(CN1CCN(CCCCCOc2ccc3c(-c4ccc(Cl)cc4)coc3c2)CC1)NC1CCCCC1. The highest BCUT2D eigenvalue weighted by Crippen LogP contribution is 2.33. The third-order valence-electron chi connectivity index (χ3n) is 7.89. The van der Waals surface area contributed by atoms with Crippen LogP contribution < -0.4 is 10.1 Å². The number of nitrogens with one attached hydrogen (secondary N) is 1. The topological polar surface area (TPSA) is 58.0 Å². The molecule has 204 valence electrons. The third kappa shape index (κ3) is 7.52. The number of hydrogen-bond donors (Lipinski definition) is 1. The number of furan rings is 1. The maximum atomic E-state index is 12.4. The van der Waals surface area contributed by atoms with Crippen molar-refractivity contribution in [3.05, 3.63) is 53.8 Å². The molecule has 3 aromatic rings. The predicted molar refractivity (Wildman–Crippen MR) is 154 cm³/mol. The van der Waals surface area contributed by atoms with Crippen molar-refractivity contribution in [1.82, 2.24) is 15.1 Å². The van der Waals surface area contributed by atoms with Gasteiger partial charge < -0.3 is 19.4 Å². The van der Waals surface area contributed by atoms with E-state index in [1.54, 1.807) is 6.26 Å². The number of amides is 1. The van der Waals surface area contributed by atoms with E-state index in [1.165, 1.54) is 25.7 Å².